The lowest BCUT2D eigenvalue weighted by Crippen LogP contribution is -2.39. The molecule has 2 rings (SSSR count). The van der Waals surface area contributed by atoms with Crippen LogP contribution in [0.25, 0.3) is 0 Å². The Morgan fingerprint density at radius 1 is 1.03 bits per heavy atom. The minimum atomic E-state index is 0.0255. The Bertz CT molecular complexity index is 731. The van der Waals surface area contributed by atoms with Crippen molar-refractivity contribution in [3.63, 3.8) is 0 Å². The monoisotopic (exact) mass is 412 g/mol. The van der Waals surface area contributed by atoms with Gasteiger partial charge >= 0.3 is 0 Å². The lowest BCUT2D eigenvalue weighted by Gasteiger charge is -2.18. The van der Waals surface area contributed by atoms with Gasteiger partial charge in [-0.25, -0.2) is 0 Å². The SMILES string of the molecule is CCN(CC)CCOc1ccc(CNC(=NC)NCC(CO)c2ccccc2)cc1. The Kier molecular flexibility index (Phi) is 10.8. The summed E-state index contributed by atoms with van der Waals surface area (Å²) in [6, 6.07) is 18.2. The summed E-state index contributed by atoms with van der Waals surface area (Å²) in [7, 11) is 1.75. The van der Waals surface area contributed by atoms with Gasteiger partial charge in [0, 0.05) is 32.6 Å². The van der Waals surface area contributed by atoms with Crippen LogP contribution < -0.4 is 15.4 Å². The minimum absolute atomic E-state index is 0.0255. The molecule has 164 valence electrons. The van der Waals surface area contributed by atoms with E-state index in [9.17, 15) is 5.11 Å². The van der Waals surface area contributed by atoms with E-state index in [-0.39, 0.29) is 12.5 Å². The van der Waals surface area contributed by atoms with Gasteiger partial charge < -0.3 is 25.4 Å². The summed E-state index contributed by atoms with van der Waals surface area (Å²) in [6.07, 6.45) is 0. The zero-order valence-corrected chi connectivity index (χ0v) is 18.5. The van der Waals surface area contributed by atoms with Gasteiger partial charge in [0.25, 0.3) is 0 Å². The molecule has 30 heavy (non-hydrogen) atoms. The predicted octanol–water partition coefficient (Wildman–Crippen LogP) is 2.85. The van der Waals surface area contributed by atoms with E-state index in [1.54, 1.807) is 7.05 Å². The number of guanidine groups is 1. The summed E-state index contributed by atoms with van der Waals surface area (Å²) in [5.41, 5.74) is 2.26. The van der Waals surface area contributed by atoms with Gasteiger partial charge in [0.15, 0.2) is 5.96 Å². The number of nitrogens with one attached hydrogen (secondary N) is 2. The number of aliphatic hydroxyl groups is 1. The smallest absolute Gasteiger partial charge is 0.191 e. The molecular formula is C24H36N4O2. The quantitative estimate of drug-likeness (QED) is 0.369. The number of likely N-dealkylation sites (N-methyl/N-ethyl adjacent to an activating group) is 1. The Hall–Kier alpha value is -2.57. The van der Waals surface area contributed by atoms with Crippen LogP contribution in [0.2, 0.25) is 0 Å². The number of hydrogen-bond acceptors (Lipinski definition) is 4. The second-order valence-corrected chi connectivity index (χ2v) is 7.12. The summed E-state index contributed by atoms with van der Waals surface area (Å²) in [6.45, 7) is 9.42. The molecule has 0 radical (unpaired) electrons. The topological polar surface area (TPSA) is 69.1 Å². The predicted molar refractivity (Wildman–Crippen MR) is 124 cm³/mol. The molecule has 0 aliphatic heterocycles. The lowest BCUT2D eigenvalue weighted by molar-refractivity contribution is 0.223. The zero-order valence-electron chi connectivity index (χ0n) is 18.5. The van der Waals surface area contributed by atoms with Crippen molar-refractivity contribution in [1.29, 1.82) is 0 Å². The van der Waals surface area contributed by atoms with Gasteiger partial charge in [0.1, 0.15) is 12.4 Å². The molecule has 0 bridgehead atoms. The molecule has 0 aromatic heterocycles. The average Bonchev–Trinajstić information content (AvgIpc) is 2.80. The largest absolute Gasteiger partial charge is 0.492 e. The van der Waals surface area contributed by atoms with Crippen molar-refractivity contribution in [2.75, 3.05) is 46.4 Å². The van der Waals surface area contributed by atoms with Crippen molar-refractivity contribution >= 4 is 5.96 Å². The lowest BCUT2D eigenvalue weighted by atomic mass is 10.0. The summed E-state index contributed by atoms with van der Waals surface area (Å²) in [5.74, 6) is 1.63. The number of aliphatic hydroxyl groups excluding tert-OH is 1. The molecule has 6 heteroatoms. The van der Waals surface area contributed by atoms with Crippen molar-refractivity contribution in [3.8, 4) is 5.75 Å². The minimum Gasteiger partial charge on any atom is -0.492 e. The molecule has 0 heterocycles. The first kappa shape index (κ1) is 23.7. The molecule has 6 nitrogen and oxygen atoms in total. The molecule has 0 saturated heterocycles. The summed E-state index contributed by atoms with van der Waals surface area (Å²) in [4.78, 5) is 6.62. The first-order chi connectivity index (χ1) is 14.7. The number of benzene rings is 2. The molecule has 1 unspecified atom stereocenters. The van der Waals surface area contributed by atoms with Crippen LogP contribution in [0.15, 0.2) is 59.6 Å². The van der Waals surface area contributed by atoms with Crippen LogP contribution in [-0.4, -0.2) is 62.4 Å². The van der Waals surface area contributed by atoms with Crippen molar-refractivity contribution < 1.29 is 9.84 Å². The fourth-order valence-corrected chi connectivity index (χ4v) is 3.18. The van der Waals surface area contributed by atoms with Crippen molar-refractivity contribution in [2.45, 2.75) is 26.3 Å². The van der Waals surface area contributed by atoms with Crippen LogP contribution in [-0.2, 0) is 6.54 Å². The van der Waals surface area contributed by atoms with E-state index in [1.807, 2.05) is 42.5 Å². The molecule has 1 atom stereocenters. The Morgan fingerprint density at radius 3 is 2.33 bits per heavy atom. The van der Waals surface area contributed by atoms with E-state index < -0.39 is 0 Å². The number of hydrogen-bond donors (Lipinski definition) is 3. The highest BCUT2D eigenvalue weighted by atomic mass is 16.5. The average molecular weight is 413 g/mol. The van der Waals surface area contributed by atoms with Gasteiger partial charge in [0.05, 0.1) is 6.61 Å². The fraction of sp³-hybridized carbons (Fsp3) is 0.458. The van der Waals surface area contributed by atoms with Crippen molar-refractivity contribution in [2.24, 2.45) is 4.99 Å². The Labute approximate surface area is 181 Å². The summed E-state index contributed by atoms with van der Waals surface area (Å²) >= 11 is 0. The highest BCUT2D eigenvalue weighted by Crippen LogP contribution is 2.14. The van der Waals surface area contributed by atoms with Gasteiger partial charge in [0.2, 0.25) is 0 Å². The van der Waals surface area contributed by atoms with Gasteiger partial charge in [-0.3, -0.25) is 4.99 Å². The van der Waals surface area contributed by atoms with Gasteiger partial charge in [-0.15, -0.1) is 0 Å². The number of aliphatic imine (C=N–C) groups is 1. The van der Waals surface area contributed by atoms with E-state index in [0.29, 0.717) is 25.7 Å². The van der Waals surface area contributed by atoms with Crippen molar-refractivity contribution in [3.05, 3.63) is 65.7 Å². The maximum atomic E-state index is 9.70. The van der Waals surface area contributed by atoms with Crippen LogP contribution >= 0.6 is 0 Å². The molecule has 0 fully saturated rings. The van der Waals surface area contributed by atoms with E-state index in [4.69, 9.17) is 4.74 Å². The Balaban J connectivity index is 1.76. The molecule has 2 aromatic rings. The number of nitrogens with zero attached hydrogens (tertiary/aromatic N) is 2. The molecule has 0 amide bonds. The fourth-order valence-electron chi connectivity index (χ4n) is 3.18. The molecule has 3 N–H and O–H groups in total. The second-order valence-electron chi connectivity index (χ2n) is 7.12. The standard InChI is InChI=1S/C24H36N4O2/c1-4-28(5-2)15-16-30-23-13-11-20(12-14-23)17-26-24(25-3)27-18-22(19-29)21-9-7-6-8-10-21/h6-14,22,29H,4-5,15-19H2,1-3H3,(H2,25,26,27). The molecule has 0 aliphatic carbocycles. The molecule has 2 aromatic carbocycles. The zero-order chi connectivity index (χ0) is 21.6. The maximum Gasteiger partial charge on any atom is 0.191 e. The highest BCUT2D eigenvalue weighted by Gasteiger charge is 2.10. The van der Waals surface area contributed by atoms with Crippen LogP contribution in [0.3, 0.4) is 0 Å². The van der Waals surface area contributed by atoms with Gasteiger partial charge in [-0.1, -0.05) is 56.3 Å². The number of ether oxygens (including phenoxy) is 1. The highest BCUT2D eigenvalue weighted by molar-refractivity contribution is 5.79. The normalized spacial score (nSPS) is 12.6. The molecule has 0 saturated carbocycles. The maximum absolute atomic E-state index is 9.70. The molecular weight excluding hydrogens is 376 g/mol. The third-order valence-corrected chi connectivity index (χ3v) is 5.18. The van der Waals surface area contributed by atoms with E-state index >= 15 is 0 Å². The van der Waals surface area contributed by atoms with Crippen LogP contribution in [0, 0.1) is 0 Å². The third-order valence-electron chi connectivity index (χ3n) is 5.18. The number of rotatable bonds is 12. The van der Waals surface area contributed by atoms with E-state index in [1.165, 1.54) is 0 Å². The summed E-state index contributed by atoms with van der Waals surface area (Å²) < 4.78 is 5.84. The van der Waals surface area contributed by atoms with Gasteiger partial charge in [-0.2, -0.15) is 0 Å². The van der Waals surface area contributed by atoms with Crippen molar-refractivity contribution in [1.82, 2.24) is 15.5 Å². The first-order valence-corrected chi connectivity index (χ1v) is 10.7. The van der Waals surface area contributed by atoms with Gasteiger partial charge in [-0.05, 0) is 36.3 Å². The second kappa shape index (κ2) is 13.6. The third kappa shape index (κ3) is 8.05. The van der Waals surface area contributed by atoms with E-state index in [0.717, 1.165) is 36.5 Å². The van der Waals surface area contributed by atoms with Crippen LogP contribution in [0.1, 0.15) is 30.9 Å². The first-order valence-electron chi connectivity index (χ1n) is 10.7. The molecule has 0 spiro atoms. The van der Waals surface area contributed by atoms with Crippen LogP contribution in [0.5, 0.6) is 5.75 Å². The Morgan fingerprint density at radius 2 is 1.73 bits per heavy atom. The summed E-state index contributed by atoms with van der Waals surface area (Å²) in [5, 5.41) is 16.3. The van der Waals surface area contributed by atoms with Crippen LogP contribution in [0.4, 0.5) is 0 Å². The van der Waals surface area contributed by atoms with E-state index in [2.05, 4.69) is 46.5 Å². The molecule has 0 aliphatic rings.